The van der Waals surface area contributed by atoms with Gasteiger partial charge in [0.1, 0.15) is 0 Å². The van der Waals surface area contributed by atoms with Gasteiger partial charge in [-0.25, -0.2) is 0 Å². The quantitative estimate of drug-likeness (QED) is 0.636. The molecule has 0 atom stereocenters. The van der Waals surface area contributed by atoms with Crippen molar-refractivity contribution >= 4 is 31.9 Å². The number of hydrogen-bond acceptors (Lipinski definition) is 0. The topological polar surface area (TPSA) is 0 Å². The number of hydrogen-bond donors (Lipinski definition) is 0. The van der Waals surface area contributed by atoms with Gasteiger partial charge in [0.2, 0.25) is 0 Å². The van der Waals surface area contributed by atoms with Crippen LogP contribution in [0.5, 0.6) is 0 Å². The van der Waals surface area contributed by atoms with Crippen LogP contribution in [0.2, 0.25) is 0 Å². The minimum atomic E-state index is 1.05. The molecule has 0 radical (unpaired) electrons. The van der Waals surface area contributed by atoms with Gasteiger partial charge < -0.3 is 0 Å². The smallest absolute Gasteiger partial charge is 0.0355 e. The van der Waals surface area contributed by atoms with E-state index < -0.39 is 0 Å². The Kier molecular flexibility index (Phi) is 2.37. The molecule has 0 N–H and O–H groups in total. The summed E-state index contributed by atoms with van der Waals surface area (Å²) in [7, 11) is 0. The molecule has 0 heterocycles. The SMILES string of the molecule is Brc1ccc2c(c1Br)CC=CC2. The third-order valence-electron chi connectivity index (χ3n) is 2.12. The molecule has 2 rings (SSSR count). The first-order valence-electron chi connectivity index (χ1n) is 3.90. The molecule has 1 aromatic rings. The van der Waals surface area contributed by atoms with E-state index in [2.05, 4.69) is 56.1 Å². The second-order valence-electron chi connectivity index (χ2n) is 2.88. The standard InChI is InChI=1S/C10H8Br2/c11-9-6-5-7-3-1-2-4-8(7)10(9)12/h1-2,5-6H,3-4H2. The molecule has 0 spiro atoms. The average molecular weight is 288 g/mol. The third kappa shape index (κ3) is 1.38. The van der Waals surface area contributed by atoms with E-state index in [0.29, 0.717) is 0 Å². The summed E-state index contributed by atoms with van der Waals surface area (Å²) >= 11 is 7.09. The van der Waals surface area contributed by atoms with Crippen molar-refractivity contribution in [3.05, 3.63) is 44.4 Å². The molecule has 0 unspecified atom stereocenters. The van der Waals surface area contributed by atoms with Gasteiger partial charge in [0.25, 0.3) is 0 Å². The van der Waals surface area contributed by atoms with Gasteiger partial charge >= 0.3 is 0 Å². The lowest BCUT2D eigenvalue weighted by Crippen LogP contribution is -1.98. The van der Waals surface area contributed by atoms with Crippen LogP contribution in [0.4, 0.5) is 0 Å². The first-order chi connectivity index (χ1) is 5.79. The van der Waals surface area contributed by atoms with Gasteiger partial charge in [0.15, 0.2) is 0 Å². The second kappa shape index (κ2) is 3.35. The van der Waals surface area contributed by atoms with Crippen molar-refractivity contribution in [1.29, 1.82) is 0 Å². The molecule has 1 aromatic carbocycles. The van der Waals surface area contributed by atoms with Crippen LogP contribution in [0.1, 0.15) is 11.1 Å². The van der Waals surface area contributed by atoms with Crippen LogP contribution >= 0.6 is 31.9 Å². The van der Waals surface area contributed by atoms with Crippen molar-refractivity contribution < 1.29 is 0 Å². The molecule has 2 heteroatoms. The molecule has 0 amide bonds. The van der Waals surface area contributed by atoms with Crippen LogP contribution in [0.3, 0.4) is 0 Å². The first-order valence-corrected chi connectivity index (χ1v) is 5.48. The molecule has 0 saturated carbocycles. The van der Waals surface area contributed by atoms with E-state index >= 15 is 0 Å². The summed E-state index contributed by atoms with van der Waals surface area (Å²) in [4.78, 5) is 0. The molecule has 1 aliphatic rings. The van der Waals surface area contributed by atoms with E-state index in [1.54, 1.807) is 0 Å². The Bertz CT molecular complexity index is 340. The summed E-state index contributed by atoms with van der Waals surface area (Å²) in [5, 5.41) is 0. The summed E-state index contributed by atoms with van der Waals surface area (Å²) in [6, 6.07) is 4.29. The fourth-order valence-corrected chi connectivity index (χ4v) is 2.38. The average Bonchev–Trinajstić information content (AvgIpc) is 2.12. The van der Waals surface area contributed by atoms with Crippen LogP contribution in [0, 0.1) is 0 Å². The van der Waals surface area contributed by atoms with Gasteiger partial charge in [-0.05, 0) is 61.9 Å². The zero-order chi connectivity index (χ0) is 8.55. The fraction of sp³-hybridized carbons (Fsp3) is 0.200. The second-order valence-corrected chi connectivity index (χ2v) is 4.53. The van der Waals surface area contributed by atoms with E-state index in [-0.39, 0.29) is 0 Å². The maximum atomic E-state index is 3.59. The lowest BCUT2D eigenvalue weighted by atomic mass is 9.97. The molecule has 0 saturated heterocycles. The Hall–Kier alpha value is -0.0800. The highest BCUT2D eigenvalue weighted by molar-refractivity contribution is 9.13. The van der Waals surface area contributed by atoms with Gasteiger partial charge in [0, 0.05) is 8.95 Å². The Morgan fingerprint density at radius 2 is 1.75 bits per heavy atom. The van der Waals surface area contributed by atoms with Crippen LogP contribution in [0.25, 0.3) is 0 Å². The lowest BCUT2D eigenvalue weighted by Gasteiger charge is -2.13. The Morgan fingerprint density at radius 1 is 1.00 bits per heavy atom. The molecule has 0 aliphatic heterocycles. The minimum Gasteiger partial charge on any atom is -0.0838 e. The summed E-state index contributed by atoms with van der Waals surface area (Å²) in [6.07, 6.45) is 6.57. The van der Waals surface area contributed by atoms with Gasteiger partial charge in [-0.15, -0.1) is 0 Å². The molecule has 12 heavy (non-hydrogen) atoms. The predicted molar refractivity (Wildman–Crippen MR) is 58.4 cm³/mol. The lowest BCUT2D eigenvalue weighted by molar-refractivity contribution is 1.08. The summed E-state index contributed by atoms with van der Waals surface area (Å²) < 4.78 is 2.36. The third-order valence-corrected chi connectivity index (χ3v) is 4.22. The van der Waals surface area contributed by atoms with Gasteiger partial charge in [-0.2, -0.15) is 0 Å². The summed E-state index contributed by atoms with van der Waals surface area (Å²) in [6.45, 7) is 0. The highest BCUT2D eigenvalue weighted by Crippen LogP contribution is 2.31. The fourth-order valence-electron chi connectivity index (χ4n) is 1.46. The molecule has 62 valence electrons. The van der Waals surface area contributed by atoms with Crippen molar-refractivity contribution in [3.8, 4) is 0 Å². The van der Waals surface area contributed by atoms with E-state index in [9.17, 15) is 0 Å². The largest absolute Gasteiger partial charge is 0.0838 e. The first kappa shape index (κ1) is 8.52. The number of benzene rings is 1. The molecule has 0 bridgehead atoms. The van der Waals surface area contributed by atoms with Crippen molar-refractivity contribution in [3.63, 3.8) is 0 Å². The molecule has 0 nitrogen and oxygen atoms in total. The highest BCUT2D eigenvalue weighted by Gasteiger charge is 2.10. The molecule has 0 fully saturated rings. The molecular weight excluding hydrogens is 280 g/mol. The minimum absolute atomic E-state index is 1.05. The number of rotatable bonds is 0. The Morgan fingerprint density at radius 3 is 2.58 bits per heavy atom. The van der Waals surface area contributed by atoms with E-state index in [1.165, 1.54) is 15.6 Å². The number of allylic oxidation sites excluding steroid dienone is 2. The zero-order valence-electron chi connectivity index (χ0n) is 6.48. The monoisotopic (exact) mass is 286 g/mol. The number of fused-ring (bicyclic) bond motifs is 1. The summed E-state index contributed by atoms with van der Waals surface area (Å²) in [5.41, 5.74) is 2.86. The van der Waals surface area contributed by atoms with Gasteiger partial charge in [-0.3, -0.25) is 0 Å². The predicted octanol–water partition coefficient (Wildman–Crippen LogP) is 3.87. The Balaban J connectivity index is 2.58. The molecule has 1 aliphatic carbocycles. The highest BCUT2D eigenvalue weighted by atomic mass is 79.9. The van der Waals surface area contributed by atoms with Crippen molar-refractivity contribution in [2.75, 3.05) is 0 Å². The summed E-state index contributed by atoms with van der Waals surface area (Å²) in [5.74, 6) is 0. The molecule has 0 aromatic heterocycles. The molecular formula is C10H8Br2. The van der Waals surface area contributed by atoms with Crippen LogP contribution in [-0.2, 0) is 12.8 Å². The maximum Gasteiger partial charge on any atom is 0.0355 e. The van der Waals surface area contributed by atoms with E-state index in [0.717, 1.165) is 17.3 Å². The Labute approximate surface area is 88.9 Å². The maximum absolute atomic E-state index is 3.59. The van der Waals surface area contributed by atoms with Crippen molar-refractivity contribution in [1.82, 2.24) is 0 Å². The van der Waals surface area contributed by atoms with Crippen LogP contribution in [-0.4, -0.2) is 0 Å². The van der Waals surface area contributed by atoms with E-state index in [4.69, 9.17) is 0 Å². The zero-order valence-corrected chi connectivity index (χ0v) is 9.65. The van der Waals surface area contributed by atoms with E-state index in [1.807, 2.05) is 0 Å². The van der Waals surface area contributed by atoms with Crippen LogP contribution in [0.15, 0.2) is 33.2 Å². The van der Waals surface area contributed by atoms with Gasteiger partial charge in [0.05, 0.1) is 0 Å². The van der Waals surface area contributed by atoms with Crippen molar-refractivity contribution in [2.24, 2.45) is 0 Å². The normalized spacial score (nSPS) is 14.5. The van der Waals surface area contributed by atoms with Crippen molar-refractivity contribution in [2.45, 2.75) is 12.8 Å². The number of halogens is 2. The van der Waals surface area contributed by atoms with Gasteiger partial charge in [-0.1, -0.05) is 18.2 Å². The van der Waals surface area contributed by atoms with Crippen LogP contribution < -0.4 is 0 Å².